The smallest absolute Gasteiger partial charge is 0.387 e. The van der Waals surface area contributed by atoms with Gasteiger partial charge in [-0.05, 0) is 55.2 Å². The number of ether oxygens (including phenoxy) is 2. The van der Waals surface area contributed by atoms with Crippen molar-refractivity contribution in [3.8, 4) is 11.5 Å². The van der Waals surface area contributed by atoms with Crippen LogP contribution in [0, 0.1) is 0 Å². The van der Waals surface area contributed by atoms with Crippen molar-refractivity contribution in [3.63, 3.8) is 0 Å². The molecule has 1 aliphatic heterocycles. The van der Waals surface area contributed by atoms with Crippen LogP contribution in [0.3, 0.4) is 0 Å². The van der Waals surface area contributed by atoms with E-state index in [2.05, 4.69) is 9.84 Å². The largest absolute Gasteiger partial charge is 0.490 e. The second-order valence-corrected chi connectivity index (χ2v) is 8.71. The summed E-state index contributed by atoms with van der Waals surface area (Å²) in [5.41, 5.74) is 1.65. The van der Waals surface area contributed by atoms with Crippen LogP contribution in [0.2, 0.25) is 0 Å². The van der Waals surface area contributed by atoms with E-state index >= 15 is 0 Å². The van der Waals surface area contributed by atoms with E-state index in [4.69, 9.17) is 9.15 Å². The highest BCUT2D eigenvalue weighted by Gasteiger charge is 2.35. The van der Waals surface area contributed by atoms with Gasteiger partial charge in [-0.2, -0.15) is 13.9 Å². The van der Waals surface area contributed by atoms with Gasteiger partial charge in [0.25, 0.3) is 5.91 Å². The Kier molecular flexibility index (Phi) is 7.59. The normalized spacial score (nSPS) is 15.8. The van der Waals surface area contributed by atoms with Crippen molar-refractivity contribution in [1.82, 2.24) is 9.91 Å². The molecule has 10 heteroatoms. The molecule has 2 aromatic heterocycles. The Morgan fingerprint density at radius 2 is 2.15 bits per heavy atom. The maximum absolute atomic E-state index is 13.2. The van der Waals surface area contributed by atoms with Gasteiger partial charge < -0.3 is 13.9 Å². The van der Waals surface area contributed by atoms with Gasteiger partial charge in [0, 0.05) is 13.0 Å². The Morgan fingerprint density at radius 1 is 1.29 bits per heavy atom. The molecule has 4 rings (SSSR count). The minimum atomic E-state index is -2.94. The Balaban J connectivity index is 1.46. The molecule has 1 aromatic carbocycles. The fraction of sp³-hybridized carbons (Fsp3) is 0.333. The van der Waals surface area contributed by atoms with Crippen LogP contribution in [0.5, 0.6) is 11.5 Å². The molecule has 0 N–H and O–H groups in total. The summed E-state index contributed by atoms with van der Waals surface area (Å²) in [6.07, 6.45) is 2.16. The fourth-order valence-electron chi connectivity index (χ4n) is 3.82. The molecule has 1 atom stereocenters. The molecule has 34 heavy (non-hydrogen) atoms. The first-order chi connectivity index (χ1) is 16.4. The SMILES string of the molecule is CCOc1cc(CN(C)CC(=O)N2N=C(c3cccs3)CC2c2ccco2)ccc1OC(F)F. The molecular weight excluding hydrogens is 464 g/mol. The van der Waals surface area contributed by atoms with E-state index in [-0.39, 0.29) is 30.0 Å². The number of benzene rings is 1. The van der Waals surface area contributed by atoms with Crippen LogP contribution in [-0.4, -0.2) is 48.3 Å². The first kappa shape index (κ1) is 23.9. The number of furan rings is 1. The molecule has 1 amide bonds. The van der Waals surface area contributed by atoms with Gasteiger partial charge >= 0.3 is 6.61 Å². The van der Waals surface area contributed by atoms with Crippen LogP contribution in [-0.2, 0) is 11.3 Å². The maximum Gasteiger partial charge on any atom is 0.387 e. The molecule has 0 fully saturated rings. The van der Waals surface area contributed by atoms with Crippen molar-refractivity contribution in [2.24, 2.45) is 5.10 Å². The number of nitrogens with zero attached hydrogens (tertiary/aromatic N) is 3. The number of hydrogen-bond donors (Lipinski definition) is 0. The van der Waals surface area contributed by atoms with E-state index in [1.54, 1.807) is 42.7 Å². The highest BCUT2D eigenvalue weighted by Crippen LogP contribution is 2.34. The third kappa shape index (κ3) is 5.63. The molecule has 0 radical (unpaired) electrons. The molecule has 7 nitrogen and oxygen atoms in total. The van der Waals surface area contributed by atoms with Gasteiger partial charge in [-0.15, -0.1) is 11.3 Å². The Bertz CT molecular complexity index is 1120. The van der Waals surface area contributed by atoms with Gasteiger partial charge in [0.2, 0.25) is 0 Å². The van der Waals surface area contributed by atoms with E-state index in [0.29, 0.717) is 25.3 Å². The van der Waals surface area contributed by atoms with Gasteiger partial charge in [-0.1, -0.05) is 12.1 Å². The minimum absolute atomic E-state index is 0.0203. The summed E-state index contributed by atoms with van der Waals surface area (Å²) in [4.78, 5) is 16.1. The fourth-order valence-corrected chi connectivity index (χ4v) is 4.54. The van der Waals surface area contributed by atoms with Crippen molar-refractivity contribution in [2.75, 3.05) is 20.2 Å². The number of rotatable bonds is 10. The van der Waals surface area contributed by atoms with Crippen LogP contribution < -0.4 is 9.47 Å². The maximum atomic E-state index is 13.2. The molecule has 0 saturated carbocycles. The number of hydrazone groups is 1. The third-order valence-electron chi connectivity index (χ3n) is 5.22. The van der Waals surface area contributed by atoms with E-state index in [9.17, 15) is 13.6 Å². The first-order valence-electron chi connectivity index (χ1n) is 10.8. The van der Waals surface area contributed by atoms with Crippen molar-refractivity contribution >= 4 is 23.0 Å². The van der Waals surface area contributed by atoms with Crippen LogP contribution in [0.1, 0.15) is 35.6 Å². The third-order valence-corrected chi connectivity index (χ3v) is 6.14. The molecule has 0 aliphatic carbocycles. The van der Waals surface area contributed by atoms with Crippen LogP contribution in [0.15, 0.2) is 63.6 Å². The molecule has 1 unspecified atom stereocenters. The monoisotopic (exact) mass is 489 g/mol. The number of carbonyl (C=O) groups is 1. The number of hydrogen-bond acceptors (Lipinski definition) is 7. The minimum Gasteiger partial charge on any atom is -0.490 e. The lowest BCUT2D eigenvalue weighted by Crippen LogP contribution is -2.36. The molecular formula is C24H25F2N3O4S. The molecule has 0 saturated heterocycles. The van der Waals surface area contributed by atoms with Gasteiger partial charge in [0.1, 0.15) is 11.8 Å². The van der Waals surface area contributed by atoms with Crippen molar-refractivity contribution in [1.29, 1.82) is 0 Å². The van der Waals surface area contributed by atoms with E-state index in [0.717, 1.165) is 16.2 Å². The topological polar surface area (TPSA) is 67.5 Å². The van der Waals surface area contributed by atoms with Crippen LogP contribution in [0.25, 0.3) is 0 Å². The molecule has 3 aromatic rings. The standard InChI is InChI=1S/C24H25F2N3O4S/c1-3-31-21-12-16(8-9-20(21)33-24(25)26)14-28(2)15-23(30)29-18(19-6-4-10-32-19)13-17(27-29)22-7-5-11-34-22/h4-12,18,24H,3,13-15H2,1-2H3. The number of likely N-dealkylation sites (N-methyl/N-ethyl adjacent to an activating group) is 1. The molecule has 1 aliphatic rings. The quantitative estimate of drug-likeness (QED) is 0.394. The predicted octanol–water partition coefficient (Wildman–Crippen LogP) is 5.15. The summed E-state index contributed by atoms with van der Waals surface area (Å²) in [6, 6.07) is 12.1. The molecule has 0 spiro atoms. The van der Waals surface area contributed by atoms with Gasteiger partial charge in [-0.3, -0.25) is 9.69 Å². The second-order valence-electron chi connectivity index (χ2n) is 7.76. The summed E-state index contributed by atoms with van der Waals surface area (Å²) >= 11 is 1.58. The highest BCUT2D eigenvalue weighted by molar-refractivity contribution is 7.12. The summed E-state index contributed by atoms with van der Waals surface area (Å²) in [5.74, 6) is 0.733. The summed E-state index contributed by atoms with van der Waals surface area (Å²) in [6.45, 7) is -0.350. The first-order valence-corrected chi connectivity index (χ1v) is 11.7. The zero-order chi connectivity index (χ0) is 24.1. The molecule has 0 bridgehead atoms. The zero-order valence-electron chi connectivity index (χ0n) is 18.8. The Labute approximate surface area is 200 Å². The molecule has 180 valence electrons. The second kappa shape index (κ2) is 10.8. The summed E-state index contributed by atoms with van der Waals surface area (Å²) in [7, 11) is 1.81. The number of alkyl halides is 2. The lowest BCUT2D eigenvalue weighted by Gasteiger charge is -2.23. The van der Waals surface area contributed by atoms with Crippen LogP contribution in [0.4, 0.5) is 8.78 Å². The van der Waals surface area contributed by atoms with Crippen molar-refractivity contribution < 1.29 is 27.5 Å². The lowest BCUT2D eigenvalue weighted by molar-refractivity contribution is -0.134. The van der Waals surface area contributed by atoms with E-state index < -0.39 is 6.61 Å². The summed E-state index contributed by atoms with van der Waals surface area (Å²) < 4.78 is 40.8. The van der Waals surface area contributed by atoms with Crippen molar-refractivity contribution in [2.45, 2.75) is 32.5 Å². The number of carbonyl (C=O) groups excluding carboxylic acids is 1. The number of thiophene rings is 1. The summed E-state index contributed by atoms with van der Waals surface area (Å²) in [5, 5.41) is 8.10. The molecule has 3 heterocycles. The van der Waals surface area contributed by atoms with E-state index in [1.165, 1.54) is 11.1 Å². The predicted molar refractivity (Wildman–Crippen MR) is 124 cm³/mol. The number of amides is 1. The van der Waals surface area contributed by atoms with Gasteiger partial charge in [0.05, 0.1) is 30.0 Å². The average Bonchev–Trinajstić information content (AvgIpc) is 3.55. The highest BCUT2D eigenvalue weighted by atomic mass is 32.1. The van der Waals surface area contributed by atoms with Gasteiger partial charge in [-0.25, -0.2) is 5.01 Å². The zero-order valence-corrected chi connectivity index (χ0v) is 19.6. The van der Waals surface area contributed by atoms with E-state index in [1.807, 2.05) is 35.5 Å². The Morgan fingerprint density at radius 3 is 2.82 bits per heavy atom. The van der Waals surface area contributed by atoms with Gasteiger partial charge in [0.15, 0.2) is 11.5 Å². The Hall–Kier alpha value is -3.24. The lowest BCUT2D eigenvalue weighted by atomic mass is 10.1. The number of halogens is 2. The average molecular weight is 490 g/mol. The van der Waals surface area contributed by atoms with Crippen LogP contribution >= 0.6 is 11.3 Å². The van der Waals surface area contributed by atoms with Crippen molar-refractivity contribution in [3.05, 3.63) is 70.3 Å².